The second-order valence-corrected chi connectivity index (χ2v) is 5.04. The van der Waals surface area contributed by atoms with Crippen LogP contribution in [-0.2, 0) is 0 Å². The predicted molar refractivity (Wildman–Crippen MR) is 46.3 cm³/mol. The summed E-state index contributed by atoms with van der Waals surface area (Å²) < 4.78 is 0. The second-order valence-electron chi connectivity index (χ2n) is 5.04. The van der Waals surface area contributed by atoms with Crippen LogP contribution in [0.2, 0.25) is 0 Å². The Kier molecular flexibility index (Phi) is 1.33. The molecule has 0 aliphatic heterocycles. The van der Waals surface area contributed by atoms with Gasteiger partial charge in [0, 0.05) is 0 Å². The average molecular weight is 150 g/mol. The highest BCUT2D eigenvalue weighted by Gasteiger charge is 2.46. The zero-order valence-electron chi connectivity index (χ0n) is 7.26. The van der Waals surface area contributed by atoms with Gasteiger partial charge in [-0.3, -0.25) is 0 Å². The van der Waals surface area contributed by atoms with Gasteiger partial charge in [0.1, 0.15) is 0 Å². The minimum Gasteiger partial charge on any atom is -0.0530 e. The summed E-state index contributed by atoms with van der Waals surface area (Å²) in [7, 11) is 0. The molecule has 0 spiro atoms. The fourth-order valence-corrected chi connectivity index (χ4v) is 3.94. The summed E-state index contributed by atoms with van der Waals surface area (Å²) in [5.74, 6) is 4.75. The van der Waals surface area contributed by atoms with E-state index in [9.17, 15) is 0 Å². The Morgan fingerprint density at radius 1 is 0.727 bits per heavy atom. The molecule has 0 amide bonds. The van der Waals surface area contributed by atoms with Crippen LogP contribution in [0.3, 0.4) is 0 Å². The van der Waals surface area contributed by atoms with Crippen molar-refractivity contribution >= 4 is 0 Å². The molecule has 0 nitrogen and oxygen atoms in total. The van der Waals surface area contributed by atoms with Gasteiger partial charge in [-0.05, 0) is 49.4 Å². The van der Waals surface area contributed by atoms with Crippen LogP contribution < -0.4 is 0 Å². The lowest BCUT2D eigenvalue weighted by atomic mass is 9.51. The monoisotopic (exact) mass is 150 g/mol. The van der Waals surface area contributed by atoms with E-state index in [4.69, 9.17) is 0 Å². The van der Waals surface area contributed by atoms with Crippen LogP contribution in [0.15, 0.2) is 0 Å². The molecule has 0 saturated heterocycles. The van der Waals surface area contributed by atoms with Gasteiger partial charge < -0.3 is 0 Å². The Morgan fingerprint density at radius 2 is 1.45 bits per heavy atom. The molecule has 0 aromatic heterocycles. The van der Waals surface area contributed by atoms with Crippen LogP contribution in [0.5, 0.6) is 0 Å². The van der Waals surface area contributed by atoms with Crippen molar-refractivity contribution in [2.45, 2.75) is 44.9 Å². The molecule has 4 bridgehead atoms. The maximum Gasteiger partial charge on any atom is -0.0357 e. The molecule has 2 atom stereocenters. The van der Waals surface area contributed by atoms with Crippen LogP contribution in [0.25, 0.3) is 0 Å². The smallest absolute Gasteiger partial charge is 0.0357 e. The third kappa shape index (κ3) is 0.878. The van der Waals surface area contributed by atoms with E-state index in [-0.39, 0.29) is 0 Å². The van der Waals surface area contributed by atoms with Gasteiger partial charge in [-0.2, -0.15) is 0 Å². The van der Waals surface area contributed by atoms with Gasteiger partial charge in [0.2, 0.25) is 0 Å². The van der Waals surface area contributed by atoms with Crippen molar-refractivity contribution in [3.63, 3.8) is 0 Å². The van der Waals surface area contributed by atoms with Crippen molar-refractivity contribution in [2.75, 3.05) is 0 Å². The molecular formula is C11H18. The SMILES string of the molecule is C1CCC2C3CC(C1)CC2C3. The van der Waals surface area contributed by atoms with Gasteiger partial charge in [0.15, 0.2) is 0 Å². The van der Waals surface area contributed by atoms with Crippen molar-refractivity contribution < 1.29 is 0 Å². The highest BCUT2D eigenvalue weighted by atomic mass is 14.5. The molecule has 5 aliphatic carbocycles. The Bertz CT molecular complexity index is 149. The normalized spacial score (nSPS) is 54.5. The lowest BCUT2D eigenvalue weighted by Gasteiger charge is -2.54. The molecule has 0 heterocycles. The number of hydrogen-bond donors (Lipinski definition) is 0. The third-order valence-corrected chi connectivity index (χ3v) is 4.49. The maximum atomic E-state index is 1.61. The largest absolute Gasteiger partial charge is 0.0530 e. The van der Waals surface area contributed by atoms with Crippen molar-refractivity contribution in [3.8, 4) is 0 Å². The maximum absolute atomic E-state index is 1.61. The number of fused-ring (bicyclic) bond motifs is 3. The van der Waals surface area contributed by atoms with Crippen molar-refractivity contribution in [2.24, 2.45) is 23.7 Å². The Labute approximate surface area is 69.4 Å². The molecule has 0 heteroatoms. The lowest BCUT2D eigenvalue weighted by Crippen LogP contribution is -2.44. The van der Waals surface area contributed by atoms with Gasteiger partial charge in [0.25, 0.3) is 0 Å². The third-order valence-electron chi connectivity index (χ3n) is 4.49. The van der Waals surface area contributed by atoms with Crippen LogP contribution in [0, 0.1) is 23.7 Å². The fraction of sp³-hybridized carbons (Fsp3) is 1.00. The molecule has 5 fully saturated rings. The van der Waals surface area contributed by atoms with Crippen LogP contribution >= 0.6 is 0 Å². The van der Waals surface area contributed by atoms with Crippen molar-refractivity contribution in [1.29, 1.82) is 0 Å². The van der Waals surface area contributed by atoms with E-state index in [1.54, 1.807) is 44.9 Å². The van der Waals surface area contributed by atoms with E-state index in [0.29, 0.717) is 0 Å². The van der Waals surface area contributed by atoms with Gasteiger partial charge in [0.05, 0.1) is 0 Å². The van der Waals surface area contributed by atoms with E-state index >= 15 is 0 Å². The first-order valence-electron chi connectivity index (χ1n) is 5.43. The minimum atomic E-state index is 1.16. The summed E-state index contributed by atoms with van der Waals surface area (Å²) in [6.07, 6.45) is 11.1. The zero-order valence-corrected chi connectivity index (χ0v) is 7.26. The number of rotatable bonds is 0. The summed E-state index contributed by atoms with van der Waals surface area (Å²) >= 11 is 0. The quantitative estimate of drug-likeness (QED) is 0.497. The van der Waals surface area contributed by atoms with Crippen LogP contribution in [-0.4, -0.2) is 0 Å². The molecule has 0 aromatic carbocycles. The molecule has 62 valence electrons. The summed E-state index contributed by atoms with van der Waals surface area (Å²) in [4.78, 5) is 0. The van der Waals surface area contributed by atoms with E-state index in [1.807, 2.05) is 0 Å². The molecular weight excluding hydrogens is 132 g/mol. The number of hydrogen-bond acceptors (Lipinski definition) is 0. The zero-order chi connectivity index (χ0) is 7.26. The molecule has 11 heavy (non-hydrogen) atoms. The molecule has 0 N–H and O–H groups in total. The van der Waals surface area contributed by atoms with Gasteiger partial charge in [-0.15, -0.1) is 0 Å². The second kappa shape index (κ2) is 2.24. The molecule has 2 unspecified atom stereocenters. The van der Waals surface area contributed by atoms with Crippen LogP contribution in [0.1, 0.15) is 44.9 Å². The van der Waals surface area contributed by atoms with Gasteiger partial charge >= 0.3 is 0 Å². The molecule has 0 radical (unpaired) electrons. The first kappa shape index (κ1) is 6.51. The average Bonchev–Trinajstić information content (AvgIpc) is 2.00. The Hall–Kier alpha value is 0. The Balaban J connectivity index is 1.80. The minimum absolute atomic E-state index is 1.16. The Morgan fingerprint density at radius 3 is 2.27 bits per heavy atom. The first-order valence-corrected chi connectivity index (χ1v) is 5.43. The molecule has 0 aromatic rings. The fourth-order valence-electron chi connectivity index (χ4n) is 3.94. The van der Waals surface area contributed by atoms with E-state index < -0.39 is 0 Å². The van der Waals surface area contributed by atoms with Crippen molar-refractivity contribution in [1.82, 2.24) is 0 Å². The highest BCUT2D eigenvalue weighted by Crippen LogP contribution is 2.56. The molecule has 5 rings (SSSR count). The summed E-state index contributed by atoms with van der Waals surface area (Å²) in [5.41, 5.74) is 0. The summed E-state index contributed by atoms with van der Waals surface area (Å²) in [5, 5.41) is 0. The standard InChI is InChI=1S/C11H18/c1-2-4-11-9-5-8(3-1)6-10(11)7-9/h8-11H,1-7H2. The topological polar surface area (TPSA) is 0 Å². The summed E-state index contributed by atoms with van der Waals surface area (Å²) in [6, 6.07) is 0. The van der Waals surface area contributed by atoms with E-state index in [0.717, 1.165) is 5.92 Å². The van der Waals surface area contributed by atoms with Gasteiger partial charge in [-0.25, -0.2) is 0 Å². The van der Waals surface area contributed by atoms with E-state index in [1.165, 1.54) is 17.8 Å². The predicted octanol–water partition coefficient (Wildman–Crippen LogP) is 3.22. The van der Waals surface area contributed by atoms with Gasteiger partial charge in [-0.1, -0.05) is 19.3 Å². The van der Waals surface area contributed by atoms with Crippen molar-refractivity contribution in [3.05, 3.63) is 0 Å². The lowest BCUT2D eigenvalue weighted by molar-refractivity contribution is -0.0382. The highest BCUT2D eigenvalue weighted by molar-refractivity contribution is 4.97. The van der Waals surface area contributed by atoms with Crippen LogP contribution in [0.4, 0.5) is 0 Å². The summed E-state index contributed by atoms with van der Waals surface area (Å²) in [6.45, 7) is 0. The molecule has 5 saturated carbocycles. The molecule has 5 aliphatic rings. The first-order chi connectivity index (χ1) is 5.43. The van der Waals surface area contributed by atoms with E-state index in [2.05, 4.69) is 0 Å².